The Labute approximate surface area is 145 Å². The van der Waals surface area contributed by atoms with Gasteiger partial charge in [-0.1, -0.05) is 0 Å². The topological polar surface area (TPSA) is 83.8 Å². The molecule has 0 aliphatic carbocycles. The van der Waals surface area contributed by atoms with Crippen molar-refractivity contribution in [3.8, 4) is 5.75 Å². The largest absolute Gasteiger partial charge is 0.497 e. The van der Waals surface area contributed by atoms with Gasteiger partial charge in [-0.2, -0.15) is 0 Å². The zero-order valence-electron chi connectivity index (χ0n) is 13.8. The van der Waals surface area contributed by atoms with Gasteiger partial charge in [-0.05, 0) is 48.0 Å². The fourth-order valence-corrected chi connectivity index (χ4v) is 2.43. The number of carbonyl (C=O) groups is 2. The monoisotopic (exact) mass is 341 g/mol. The van der Waals surface area contributed by atoms with Crippen LogP contribution in [0.2, 0.25) is 0 Å². The third-order valence-corrected chi connectivity index (χ3v) is 3.78. The summed E-state index contributed by atoms with van der Waals surface area (Å²) in [6.07, 6.45) is 3.59. The lowest BCUT2D eigenvalue weighted by molar-refractivity contribution is -0.138. The molecule has 3 rings (SSSR count). The average Bonchev–Trinajstić information content (AvgIpc) is 3.15. The van der Waals surface area contributed by atoms with E-state index in [1.54, 1.807) is 31.6 Å². The number of methoxy groups -OCH3 is 1. The van der Waals surface area contributed by atoms with E-state index >= 15 is 0 Å². The second-order valence-corrected chi connectivity index (χ2v) is 5.50. The first-order chi connectivity index (χ1) is 12.2. The highest BCUT2D eigenvalue weighted by Gasteiger charge is 2.22. The standard InChI is InChI=1S/C18H19N3O4/c1-24-14-6-4-13(5-7-14)16-8-9-18(23)21(20-16)12-17(22)19-11-15-3-2-10-25-15/h2-8,10,20H,9,11-12H2,1H3,(H,19,22). The van der Waals surface area contributed by atoms with Gasteiger partial charge in [0.15, 0.2) is 0 Å². The molecule has 7 heteroatoms. The average molecular weight is 341 g/mol. The van der Waals surface area contributed by atoms with Crippen LogP contribution in [0.5, 0.6) is 5.75 Å². The highest BCUT2D eigenvalue weighted by Crippen LogP contribution is 2.20. The molecule has 2 heterocycles. The van der Waals surface area contributed by atoms with Crippen molar-refractivity contribution in [3.05, 3.63) is 60.1 Å². The molecule has 0 atom stereocenters. The summed E-state index contributed by atoms with van der Waals surface area (Å²) in [5.74, 6) is 0.981. The first kappa shape index (κ1) is 16.6. The second kappa shape index (κ2) is 7.57. The number of rotatable bonds is 6. The Hall–Kier alpha value is -3.22. The van der Waals surface area contributed by atoms with Crippen molar-refractivity contribution in [2.45, 2.75) is 13.0 Å². The lowest BCUT2D eigenvalue weighted by Gasteiger charge is -2.28. The van der Waals surface area contributed by atoms with Crippen LogP contribution in [-0.2, 0) is 16.1 Å². The van der Waals surface area contributed by atoms with Gasteiger partial charge >= 0.3 is 0 Å². The number of hydrogen-bond donors (Lipinski definition) is 2. The van der Waals surface area contributed by atoms with E-state index in [-0.39, 0.29) is 31.3 Å². The fraction of sp³-hybridized carbons (Fsp3) is 0.222. The first-order valence-electron chi connectivity index (χ1n) is 7.86. The van der Waals surface area contributed by atoms with Gasteiger partial charge < -0.3 is 14.5 Å². The van der Waals surface area contributed by atoms with Gasteiger partial charge in [-0.25, -0.2) is 5.01 Å². The molecule has 2 amide bonds. The summed E-state index contributed by atoms with van der Waals surface area (Å²) in [6, 6.07) is 11.0. The van der Waals surface area contributed by atoms with Crippen molar-refractivity contribution >= 4 is 17.5 Å². The summed E-state index contributed by atoms with van der Waals surface area (Å²) in [5, 5.41) is 4.04. The van der Waals surface area contributed by atoms with Crippen LogP contribution in [0.15, 0.2) is 53.2 Å². The van der Waals surface area contributed by atoms with Gasteiger partial charge in [0.2, 0.25) is 11.8 Å². The van der Waals surface area contributed by atoms with Gasteiger partial charge in [0, 0.05) is 6.42 Å². The Morgan fingerprint density at radius 2 is 2.12 bits per heavy atom. The minimum absolute atomic E-state index is 0.0764. The zero-order chi connectivity index (χ0) is 17.6. The lowest BCUT2D eigenvalue weighted by Crippen LogP contribution is -2.49. The van der Waals surface area contributed by atoms with E-state index in [0.717, 1.165) is 17.0 Å². The molecule has 25 heavy (non-hydrogen) atoms. The predicted molar refractivity (Wildman–Crippen MR) is 91.0 cm³/mol. The van der Waals surface area contributed by atoms with Crippen molar-refractivity contribution in [1.29, 1.82) is 0 Å². The molecule has 0 bridgehead atoms. The van der Waals surface area contributed by atoms with Crippen LogP contribution in [0.4, 0.5) is 0 Å². The van der Waals surface area contributed by atoms with Crippen molar-refractivity contribution in [1.82, 2.24) is 15.8 Å². The van der Waals surface area contributed by atoms with Gasteiger partial charge in [-0.15, -0.1) is 0 Å². The van der Waals surface area contributed by atoms with Crippen molar-refractivity contribution in [3.63, 3.8) is 0 Å². The molecule has 1 aliphatic heterocycles. The fourth-order valence-electron chi connectivity index (χ4n) is 2.43. The van der Waals surface area contributed by atoms with E-state index in [4.69, 9.17) is 9.15 Å². The summed E-state index contributed by atoms with van der Waals surface area (Å²) < 4.78 is 10.3. The zero-order valence-corrected chi connectivity index (χ0v) is 13.8. The number of hydrazine groups is 1. The SMILES string of the molecule is COc1ccc(C2=CCC(=O)N(CC(=O)NCc3ccco3)N2)cc1. The molecule has 0 saturated heterocycles. The third-order valence-electron chi connectivity index (χ3n) is 3.78. The molecular weight excluding hydrogens is 322 g/mol. The Bertz CT molecular complexity index is 766. The molecule has 0 fully saturated rings. The molecule has 1 aromatic heterocycles. The molecule has 0 unspecified atom stereocenters. The van der Waals surface area contributed by atoms with Crippen molar-refractivity contribution in [2.24, 2.45) is 0 Å². The molecule has 2 N–H and O–H groups in total. The van der Waals surface area contributed by atoms with E-state index in [1.807, 2.05) is 24.3 Å². The number of carbonyl (C=O) groups excluding carboxylic acids is 2. The maximum atomic E-state index is 12.1. The Kier molecular flexibility index (Phi) is 5.03. The number of amides is 2. The van der Waals surface area contributed by atoms with Gasteiger partial charge in [0.25, 0.3) is 0 Å². The summed E-state index contributed by atoms with van der Waals surface area (Å²) in [6.45, 7) is 0.210. The van der Waals surface area contributed by atoms with Crippen LogP contribution >= 0.6 is 0 Å². The summed E-state index contributed by atoms with van der Waals surface area (Å²) >= 11 is 0. The second-order valence-electron chi connectivity index (χ2n) is 5.50. The summed E-state index contributed by atoms with van der Waals surface area (Å²) in [4.78, 5) is 24.1. The van der Waals surface area contributed by atoms with E-state index in [9.17, 15) is 9.59 Å². The minimum Gasteiger partial charge on any atom is -0.497 e. The molecule has 1 aliphatic rings. The number of benzene rings is 1. The van der Waals surface area contributed by atoms with E-state index < -0.39 is 0 Å². The smallest absolute Gasteiger partial charge is 0.245 e. The van der Waals surface area contributed by atoms with Crippen LogP contribution in [0.3, 0.4) is 0 Å². The molecule has 0 spiro atoms. The van der Waals surface area contributed by atoms with Gasteiger partial charge in [-0.3, -0.25) is 15.0 Å². The third kappa shape index (κ3) is 4.20. The van der Waals surface area contributed by atoms with Crippen LogP contribution in [0, 0.1) is 0 Å². The first-order valence-corrected chi connectivity index (χ1v) is 7.86. The minimum atomic E-state index is -0.270. The Morgan fingerprint density at radius 1 is 1.32 bits per heavy atom. The maximum Gasteiger partial charge on any atom is 0.245 e. The molecule has 2 aromatic rings. The van der Waals surface area contributed by atoms with Crippen LogP contribution < -0.4 is 15.5 Å². The van der Waals surface area contributed by atoms with Crippen molar-refractivity contribution in [2.75, 3.05) is 13.7 Å². The molecule has 1 aromatic carbocycles. The normalized spacial score (nSPS) is 13.9. The Balaban J connectivity index is 1.59. The molecule has 130 valence electrons. The summed E-state index contributed by atoms with van der Waals surface area (Å²) in [5.41, 5.74) is 4.69. The van der Waals surface area contributed by atoms with Crippen LogP contribution in [0.25, 0.3) is 5.70 Å². The van der Waals surface area contributed by atoms with Gasteiger partial charge in [0.05, 0.1) is 25.6 Å². The lowest BCUT2D eigenvalue weighted by atomic mass is 10.1. The number of furan rings is 1. The predicted octanol–water partition coefficient (Wildman–Crippen LogP) is 1.68. The number of nitrogens with zero attached hydrogens (tertiary/aromatic N) is 1. The highest BCUT2D eigenvalue weighted by atomic mass is 16.5. The summed E-state index contributed by atoms with van der Waals surface area (Å²) in [7, 11) is 1.61. The molecule has 7 nitrogen and oxygen atoms in total. The maximum absolute atomic E-state index is 12.1. The molecule has 0 saturated carbocycles. The number of ether oxygens (including phenoxy) is 1. The molecule has 0 radical (unpaired) electrons. The van der Waals surface area contributed by atoms with Crippen molar-refractivity contribution < 1.29 is 18.7 Å². The van der Waals surface area contributed by atoms with Crippen LogP contribution in [0.1, 0.15) is 17.7 Å². The van der Waals surface area contributed by atoms with Gasteiger partial charge in [0.1, 0.15) is 18.1 Å². The quantitative estimate of drug-likeness (QED) is 0.835. The Morgan fingerprint density at radius 3 is 2.80 bits per heavy atom. The number of hydrogen-bond acceptors (Lipinski definition) is 5. The van der Waals surface area contributed by atoms with E-state index in [2.05, 4.69) is 10.7 Å². The number of nitrogens with one attached hydrogen (secondary N) is 2. The molecular formula is C18H19N3O4. The van der Waals surface area contributed by atoms with E-state index in [0.29, 0.717) is 5.76 Å². The van der Waals surface area contributed by atoms with Crippen LogP contribution in [-0.4, -0.2) is 30.5 Å². The highest BCUT2D eigenvalue weighted by molar-refractivity contribution is 5.88. The van der Waals surface area contributed by atoms with E-state index in [1.165, 1.54) is 5.01 Å².